The first-order valence-electron chi connectivity index (χ1n) is 6.62. The van der Waals surface area contributed by atoms with Gasteiger partial charge >= 0.3 is 5.97 Å². The van der Waals surface area contributed by atoms with Crippen molar-refractivity contribution >= 4 is 11.8 Å². The molecule has 5 heteroatoms. The van der Waals surface area contributed by atoms with E-state index in [1.807, 2.05) is 6.92 Å². The second-order valence-corrected chi connectivity index (χ2v) is 4.51. The third-order valence-corrected chi connectivity index (χ3v) is 2.84. The molecule has 0 saturated carbocycles. The zero-order valence-electron chi connectivity index (χ0n) is 11.6. The number of hydrogen-bond acceptors (Lipinski definition) is 3. The average Bonchev–Trinajstić information content (AvgIpc) is 2.34. The Balaban J connectivity index is 2.82. The van der Waals surface area contributed by atoms with Crippen molar-refractivity contribution in [2.45, 2.75) is 33.1 Å². The van der Waals surface area contributed by atoms with Gasteiger partial charge in [-0.05, 0) is 31.0 Å². The van der Waals surface area contributed by atoms with E-state index in [4.69, 9.17) is 4.74 Å². The third-order valence-electron chi connectivity index (χ3n) is 2.84. The zero-order valence-corrected chi connectivity index (χ0v) is 11.6. The van der Waals surface area contributed by atoms with Crippen LogP contribution in [0.5, 0.6) is 0 Å². The predicted molar refractivity (Wildman–Crippen MR) is 70.1 cm³/mol. The molecule has 0 spiro atoms. The minimum Gasteiger partial charge on any atom is -0.465 e. The number of ketones is 1. The van der Waals surface area contributed by atoms with Crippen LogP contribution in [0.2, 0.25) is 0 Å². The smallest absolute Gasteiger partial charge is 0.316 e. The minimum atomic E-state index is -0.869. The summed E-state index contributed by atoms with van der Waals surface area (Å²) >= 11 is 0. The average molecular weight is 284 g/mol. The molecule has 0 N–H and O–H groups in total. The van der Waals surface area contributed by atoms with E-state index in [2.05, 4.69) is 0 Å². The molecule has 0 aliphatic rings. The Morgan fingerprint density at radius 2 is 1.75 bits per heavy atom. The number of carbonyl (C=O) groups is 2. The van der Waals surface area contributed by atoms with Gasteiger partial charge in [0.2, 0.25) is 0 Å². The molecule has 110 valence electrons. The van der Waals surface area contributed by atoms with Crippen LogP contribution >= 0.6 is 0 Å². The predicted octanol–water partition coefficient (Wildman–Crippen LogP) is 3.06. The second kappa shape index (κ2) is 7.72. The van der Waals surface area contributed by atoms with E-state index in [0.29, 0.717) is 12.8 Å². The minimum absolute atomic E-state index is 0.182. The van der Waals surface area contributed by atoms with Gasteiger partial charge in [-0.2, -0.15) is 0 Å². The summed E-state index contributed by atoms with van der Waals surface area (Å²) < 4.78 is 31.0. The van der Waals surface area contributed by atoms with Gasteiger partial charge < -0.3 is 4.74 Å². The maximum atomic E-state index is 13.1. The molecule has 1 atom stereocenters. The van der Waals surface area contributed by atoms with E-state index in [-0.39, 0.29) is 24.4 Å². The van der Waals surface area contributed by atoms with E-state index in [1.165, 1.54) is 0 Å². The van der Waals surface area contributed by atoms with Gasteiger partial charge in [-0.1, -0.05) is 13.3 Å². The van der Waals surface area contributed by atoms with Crippen molar-refractivity contribution in [3.8, 4) is 0 Å². The fourth-order valence-electron chi connectivity index (χ4n) is 1.98. The Hall–Kier alpha value is -1.78. The third kappa shape index (κ3) is 4.72. The molecule has 0 bridgehead atoms. The summed E-state index contributed by atoms with van der Waals surface area (Å²) in [5.74, 6) is -3.30. The van der Waals surface area contributed by atoms with Crippen molar-refractivity contribution in [1.29, 1.82) is 0 Å². The SMILES string of the molecule is CCCC(C(=O)Cc1cc(F)cc(F)c1)C(=O)OCC. The second-order valence-electron chi connectivity index (χ2n) is 4.51. The summed E-state index contributed by atoms with van der Waals surface area (Å²) in [5.41, 5.74) is 0.220. The number of hydrogen-bond donors (Lipinski definition) is 0. The lowest BCUT2D eigenvalue weighted by molar-refractivity contribution is -0.151. The number of ether oxygens (including phenoxy) is 1. The molecule has 0 amide bonds. The molecular formula is C15H18F2O3. The van der Waals surface area contributed by atoms with Gasteiger partial charge in [0.1, 0.15) is 17.6 Å². The summed E-state index contributed by atoms with van der Waals surface area (Å²) in [6, 6.07) is 2.92. The molecule has 0 aliphatic heterocycles. The van der Waals surface area contributed by atoms with Crippen LogP contribution in [0.25, 0.3) is 0 Å². The van der Waals surface area contributed by atoms with Gasteiger partial charge in [0.15, 0.2) is 5.78 Å². The molecule has 20 heavy (non-hydrogen) atoms. The molecule has 0 aromatic heterocycles. The topological polar surface area (TPSA) is 43.4 Å². The number of halogens is 2. The summed E-state index contributed by atoms with van der Waals surface area (Å²) in [7, 11) is 0. The fourth-order valence-corrected chi connectivity index (χ4v) is 1.98. The zero-order chi connectivity index (χ0) is 15.1. The molecular weight excluding hydrogens is 266 g/mol. The Morgan fingerprint density at radius 3 is 2.25 bits per heavy atom. The molecule has 0 radical (unpaired) electrons. The number of rotatable bonds is 7. The molecule has 0 heterocycles. The van der Waals surface area contributed by atoms with Crippen LogP contribution in [-0.4, -0.2) is 18.4 Å². The molecule has 3 nitrogen and oxygen atoms in total. The monoisotopic (exact) mass is 284 g/mol. The van der Waals surface area contributed by atoms with Gasteiger partial charge in [0, 0.05) is 12.5 Å². The Labute approximate surface area is 116 Å². The van der Waals surface area contributed by atoms with Crippen molar-refractivity contribution in [3.63, 3.8) is 0 Å². The normalized spacial score (nSPS) is 12.0. The summed E-state index contributed by atoms with van der Waals surface area (Å²) in [4.78, 5) is 23.8. The number of esters is 1. The van der Waals surface area contributed by atoms with Crippen LogP contribution in [0.15, 0.2) is 18.2 Å². The molecule has 1 aromatic rings. The highest BCUT2D eigenvalue weighted by Gasteiger charge is 2.27. The van der Waals surface area contributed by atoms with Crippen LogP contribution in [0.3, 0.4) is 0 Å². The van der Waals surface area contributed by atoms with Crippen LogP contribution in [0, 0.1) is 17.6 Å². The van der Waals surface area contributed by atoms with Gasteiger partial charge in [0.05, 0.1) is 6.61 Å². The maximum absolute atomic E-state index is 13.1. The molecule has 0 aliphatic carbocycles. The lowest BCUT2D eigenvalue weighted by Gasteiger charge is -2.13. The first kappa shape index (κ1) is 16.3. The lowest BCUT2D eigenvalue weighted by atomic mass is 9.94. The first-order valence-corrected chi connectivity index (χ1v) is 6.62. The summed E-state index contributed by atoms with van der Waals surface area (Å²) in [5, 5.41) is 0. The molecule has 0 saturated heterocycles. The van der Waals surface area contributed by atoms with Gasteiger partial charge in [-0.3, -0.25) is 9.59 Å². The molecule has 0 fully saturated rings. The summed E-state index contributed by atoms with van der Waals surface area (Å²) in [6.45, 7) is 3.70. The van der Waals surface area contributed by atoms with Gasteiger partial charge in [-0.15, -0.1) is 0 Å². The fraction of sp³-hybridized carbons (Fsp3) is 0.467. The van der Waals surface area contributed by atoms with Crippen LogP contribution in [0.1, 0.15) is 32.3 Å². The van der Waals surface area contributed by atoms with Crippen molar-refractivity contribution in [2.24, 2.45) is 5.92 Å². The molecule has 1 unspecified atom stereocenters. The highest BCUT2D eigenvalue weighted by molar-refractivity contribution is 5.99. The lowest BCUT2D eigenvalue weighted by Crippen LogP contribution is -2.27. The molecule has 1 rings (SSSR count). The van der Waals surface area contributed by atoms with Crippen molar-refractivity contribution in [3.05, 3.63) is 35.4 Å². The van der Waals surface area contributed by atoms with E-state index < -0.39 is 23.5 Å². The maximum Gasteiger partial charge on any atom is 0.316 e. The highest BCUT2D eigenvalue weighted by atomic mass is 19.1. The van der Waals surface area contributed by atoms with Gasteiger partial charge in [0.25, 0.3) is 0 Å². The quantitative estimate of drug-likeness (QED) is 0.571. The van der Waals surface area contributed by atoms with Crippen LogP contribution < -0.4 is 0 Å². The number of Topliss-reactive ketones (excluding diaryl/α,β-unsaturated/α-hetero) is 1. The Kier molecular flexibility index (Phi) is 6.28. The standard InChI is InChI=1S/C15H18F2O3/c1-3-5-13(15(19)20-4-2)14(18)8-10-6-11(16)9-12(17)7-10/h6-7,9,13H,3-5,8H2,1-2H3. The van der Waals surface area contributed by atoms with Crippen LogP contribution in [-0.2, 0) is 20.7 Å². The first-order chi connectivity index (χ1) is 9.47. The largest absolute Gasteiger partial charge is 0.465 e. The summed E-state index contributed by atoms with van der Waals surface area (Å²) in [6.07, 6.45) is 0.834. The highest BCUT2D eigenvalue weighted by Crippen LogP contribution is 2.15. The number of carbonyl (C=O) groups excluding carboxylic acids is 2. The van der Waals surface area contributed by atoms with Crippen LogP contribution in [0.4, 0.5) is 8.78 Å². The van der Waals surface area contributed by atoms with E-state index >= 15 is 0 Å². The van der Waals surface area contributed by atoms with Crippen molar-refractivity contribution in [2.75, 3.05) is 6.61 Å². The van der Waals surface area contributed by atoms with E-state index in [0.717, 1.165) is 18.2 Å². The Bertz CT molecular complexity index is 466. The van der Waals surface area contributed by atoms with Gasteiger partial charge in [-0.25, -0.2) is 8.78 Å². The Morgan fingerprint density at radius 1 is 1.15 bits per heavy atom. The number of benzene rings is 1. The van der Waals surface area contributed by atoms with E-state index in [1.54, 1.807) is 6.92 Å². The van der Waals surface area contributed by atoms with E-state index in [9.17, 15) is 18.4 Å². The van der Waals surface area contributed by atoms with Crippen molar-refractivity contribution < 1.29 is 23.1 Å². The van der Waals surface area contributed by atoms with Crippen molar-refractivity contribution in [1.82, 2.24) is 0 Å². The molecule has 1 aromatic carbocycles.